The number of rotatable bonds is 15. The van der Waals surface area contributed by atoms with Gasteiger partial charge in [0, 0.05) is 11.4 Å². The summed E-state index contributed by atoms with van der Waals surface area (Å²) < 4.78 is 0. The van der Waals surface area contributed by atoms with E-state index in [4.69, 9.17) is 0 Å². The van der Waals surface area contributed by atoms with Gasteiger partial charge in [0.25, 0.3) is 0 Å². The first kappa shape index (κ1) is 30.4. The maximum absolute atomic E-state index is 3.30. The summed E-state index contributed by atoms with van der Waals surface area (Å²) in [4.78, 5) is 0. The molecule has 37 heavy (non-hydrogen) atoms. The number of hydrogen-bond donors (Lipinski definition) is 1. The van der Waals surface area contributed by atoms with Gasteiger partial charge in [-0.3, -0.25) is 0 Å². The highest BCUT2D eigenvalue weighted by molar-refractivity contribution is 5.58. The third-order valence-electron chi connectivity index (χ3n) is 6.57. The molecule has 0 aromatic heterocycles. The molecule has 0 aliphatic carbocycles. The third-order valence-corrected chi connectivity index (χ3v) is 6.57. The van der Waals surface area contributed by atoms with Gasteiger partial charge in [0.15, 0.2) is 0 Å². The predicted octanol–water partition coefficient (Wildman–Crippen LogP) is 11.7. The van der Waals surface area contributed by atoms with Crippen molar-refractivity contribution in [2.45, 2.75) is 91.9 Å². The molecule has 3 aromatic carbocycles. The van der Waals surface area contributed by atoms with Crippen molar-refractivity contribution in [1.29, 1.82) is 0 Å². The van der Waals surface area contributed by atoms with Crippen molar-refractivity contribution < 1.29 is 0 Å². The Morgan fingerprint density at radius 1 is 0.541 bits per heavy atom. The standard InChI is InChI=1S/C24H40.C12H11N/c1-21(2)14-8-5-10-16-23(17-11-6-9-15-22(3)4)20-24-18-12-7-13-19-24;1-3-7-11(8-4-1)13-12-9-5-2-6-10-12/h7,12-13,18-22H,5-6,8-11,14-17H2,1-4H3;1-10,13H. The largest absolute Gasteiger partial charge is 0.356 e. The van der Waals surface area contributed by atoms with E-state index in [9.17, 15) is 0 Å². The lowest BCUT2D eigenvalue weighted by molar-refractivity contribution is 0.517. The Morgan fingerprint density at radius 2 is 0.946 bits per heavy atom. The lowest BCUT2D eigenvalue weighted by Crippen LogP contribution is -1.91. The molecule has 3 aromatic rings. The molecule has 0 aliphatic heterocycles. The Hall–Kier alpha value is -2.80. The van der Waals surface area contributed by atoms with E-state index in [1.54, 1.807) is 5.57 Å². The van der Waals surface area contributed by atoms with Crippen molar-refractivity contribution in [3.05, 3.63) is 102 Å². The van der Waals surface area contributed by atoms with Crippen molar-refractivity contribution >= 4 is 17.5 Å². The lowest BCUT2D eigenvalue weighted by atomic mass is 9.96. The van der Waals surface area contributed by atoms with Crippen LogP contribution in [0.4, 0.5) is 11.4 Å². The van der Waals surface area contributed by atoms with Crippen LogP contribution in [0.5, 0.6) is 0 Å². The first-order chi connectivity index (χ1) is 18.0. The second-order valence-electron chi connectivity index (χ2n) is 11.1. The fraction of sp³-hybridized carbons (Fsp3) is 0.444. The molecular weight excluding hydrogens is 446 g/mol. The molecule has 0 saturated heterocycles. The topological polar surface area (TPSA) is 12.0 Å². The summed E-state index contributed by atoms with van der Waals surface area (Å²) in [6, 6.07) is 31.2. The van der Waals surface area contributed by atoms with Gasteiger partial charge in [-0.25, -0.2) is 0 Å². The summed E-state index contributed by atoms with van der Waals surface area (Å²) in [5.74, 6) is 1.70. The molecule has 0 atom stereocenters. The van der Waals surface area contributed by atoms with E-state index in [0.29, 0.717) is 0 Å². The van der Waals surface area contributed by atoms with Crippen LogP contribution in [0.3, 0.4) is 0 Å². The fourth-order valence-corrected chi connectivity index (χ4v) is 4.43. The van der Waals surface area contributed by atoms with E-state index >= 15 is 0 Å². The van der Waals surface area contributed by atoms with Crippen LogP contribution in [0.1, 0.15) is 97.5 Å². The SMILES string of the molecule is CC(C)CCCCCC(=Cc1ccccc1)CCCCCC(C)C.c1ccc(Nc2ccccc2)cc1. The van der Waals surface area contributed by atoms with Crippen molar-refractivity contribution in [3.63, 3.8) is 0 Å². The number of benzene rings is 3. The van der Waals surface area contributed by atoms with Gasteiger partial charge in [-0.05, 0) is 67.3 Å². The summed E-state index contributed by atoms with van der Waals surface area (Å²) in [7, 11) is 0. The lowest BCUT2D eigenvalue weighted by Gasteiger charge is -2.10. The van der Waals surface area contributed by atoms with Crippen LogP contribution in [0.25, 0.3) is 6.08 Å². The summed E-state index contributed by atoms with van der Waals surface area (Å²) >= 11 is 0. The molecule has 0 bridgehead atoms. The number of allylic oxidation sites excluding steroid dienone is 1. The zero-order chi connectivity index (χ0) is 26.6. The van der Waals surface area contributed by atoms with Crippen LogP contribution in [-0.2, 0) is 0 Å². The van der Waals surface area contributed by atoms with Gasteiger partial charge >= 0.3 is 0 Å². The number of anilines is 2. The van der Waals surface area contributed by atoms with Crippen molar-refractivity contribution in [1.82, 2.24) is 0 Å². The maximum Gasteiger partial charge on any atom is 0.0384 e. The van der Waals surface area contributed by atoms with E-state index in [2.05, 4.69) is 69.4 Å². The second-order valence-corrected chi connectivity index (χ2v) is 11.1. The van der Waals surface area contributed by atoms with Gasteiger partial charge in [0.1, 0.15) is 0 Å². The molecule has 0 unspecified atom stereocenters. The molecule has 3 rings (SSSR count). The van der Waals surface area contributed by atoms with E-state index < -0.39 is 0 Å². The predicted molar refractivity (Wildman–Crippen MR) is 166 cm³/mol. The molecule has 1 N–H and O–H groups in total. The first-order valence-electron chi connectivity index (χ1n) is 14.6. The van der Waals surface area contributed by atoms with Crippen molar-refractivity contribution in [3.8, 4) is 0 Å². The summed E-state index contributed by atoms with van der Waals surface area (Å²) in [5.41, 5.74) is 5.27. The zero-order valence-electron chi connectivity index (χ0n) is 24.0. The minimum Gasteiger partial charge on any atom is -0.356 e. The van der Waals surface area contributed by atoms with Gasteiger partial charge in [-0.2, -0.15) is 0 Å². The Balaban J connectivity index is 0.000000308. The maximum atomic E-state index is 3.30. The highest BCUT2D eigenvalue weighted by Gasteiger charge is 2.02. The van der Waals surface area contributed by atoms with Gasteiger partial charge in [0.2, 0.25) is 0 Å². The minimum absolute atomic E-state index is 0.852. The number of hydrogen-bond acceptors (Lipinski definition) is 1. The number of unbranched alkanes of at least 4 members (excludes halogenated alkanes) is 4. The van der Waals surface area contributed by atoms with E-state index in [1.165, 1.54) is 69.8 Å². The molecule has 0 amide bonds. The van der Waals surface area contributed by atoms with Crippen LogP contribution in [-0.4, -0.2) is 0 Å². The highest BCUT2D eigenvalue weighted by Crippen LogP contribution is 2.22. The van der Waals surface area contributed by atoms with Crippen LogP contribution < -0.4 is 5.32 Å². The molecule has 0 fully saturated rings. The summed E-state index contributed by atoms with van der Waals surface area (Å²) in [5, 5.41) is 3.30. The quantitative estimate of drug-likeness (QED) is 0.206. The van der Waals surface area contributed by atoms with Gasteiger partial charge < -0.3 is 5.32 Å². The zero-order valence-corrected chi connectivity index (χ0v) is 24.0. The smallest absolute Gasteiger partial charge is 0.0384 e. The Bertz CT molecular complexity index is 884. The summed E-state index contributed by atoms with van der Waals surface area (Å²) in [6.45, 7) is 9.32. The second kappa shape index (κ2) is 19.3. The molecule has 1 nitrogen and oxygen atoms in total. The van der Waals surface area contributed by atoms with Crippen molar-refractivity contribution in [2.75, 3.05) is 5.32 Å². The molecule has 0 radical (unpaired) electrons. The minimum atomic E-state index is 0.852. The van der Waals surface area contributed by atoms with Gasteiger partial charge in [0.05, 0.1) is 0 Å². The number of para-hydroxylation sites is 2. The molecule has 0 aliphatic rings. The van der Waals surface area contributed by atoms with Gasteiger partial charge in [-0.15, -0.1) is 0 Å². The van der Waals surface area contributed by atoms with Crippen LogP contribution >= 0.6 is 0 Å². The third kappa shape index (κ3) is 15.8. The van der Waals surface area contributed by atoms with Gasteiger partial charge in [-0.1, -0.05) is 145 Å². The number of nitrogens with one attached hydrogen (secondary N) is 1. The van der Waals surface area contributed by atoms with Crippen LogP contribution in [0, 0.1) is 11.8 Å². The molecule has 1 heteroatoms. The molecule has 0 saturated carbocycles. The van der Waals surface area contributed by atoms with Crippen molar-refractivity contribution in [2.24, 2.45) is 11.8 Å². The fourth-order valence-electron chi connectivity index (χ4n) is 4.43. The van der Waals surface area contributed by atoms with E-state index in [1.807, 2.05) is 60.7 Å². The molecule has 0 heterocycles. The average Bonchev–Trinajstić information content (AvgIpc) is 2.90. The van der Waals surface area contributed by atoms with E-state index in [-0.39, 0.29) is 0 Å². The Morgan fingerprint density at radius 3 is 1.35 bits per heavy atom. The monoisotopic (exact) mass is 497 g/mol. The van der Waals surface area contributed by atoms with E-state index in [0.717, 1.165) is 23.2 Å². The van der Waals surface area contributed by atoms with Crippen LogP contribution in [0.2, 0.25) is 0 Å². The Kier molecular flexibility index (Phi) is 15.9. The molecular formula is C36H51N. The highest BCUT2D eigenvalue weighted by atomic mass is 14.9. The molecule has 200 valence electrons. The Labute approximate surface area is 228 Å². The van der Waals surface area contributed by atoms with Crippen LogP contribution in [0.15, 0.2) is 96.6 Å². The average molecular weight is 498 g/mol. The normalized spacial score (nSPS) is 10.6. The first-order valence-corrected chi connectivity index (χ1v) is 14.6. The molecule has 0 spiro atoms. The summed E-state index contributed by atoms with van der Waals surface area (Å²) in [6.07, 6.45) is 16.1.